The lowest BCUT2D eigenvalue weighted by molar-refractivity contribution is -0.127. The van der Waals surface area contributed by atoms with Crippen molar-refractivity contribution in [3.63, 3.8) is 0 Å². The molecule has 3 aromatic heterocycles. The van der Waals surface area contributed by atoms with Gasteiger partial charge in [0.05, 0.1) is 23.0 Å². The lowest BCUT2D eigenvalue weighted by Crippen LogP contribution is -2.56. The molecule has 1 amide bonds. The molecule has 3 aliphatic rings. The Morgan fingerprint density at radius 1 is 1.10 bits per heavy atom. The molecule has 1 aliphatic heterocycles. The molecule has 2 atom stereocenters. The fourth-order valence-corrected chi connectivity index (χ4v) is 6.14. The van der Waals surface area contributed by atoms with Crippen LogP contribution < -0.4 is 10.5 Å². The van der Waals surface area contributed by atoms with Gasteiger partial charge in [0.15, 0.2) is 0 Å². The molecule has 9 nitrogen and oxygen atoms in total. The number of hydrogen-bond donors (Lipinski definition) is 1. The van der Waals surface area contributed by atoms with E-state index in [-0.39, 0.29) is 23.5 Å². The summed E-state index contributed by atoms with van der Waals surface area (Å²) in [5, 5.41) is 0. The molecule has 4 aromatic rings. The maximum atomic E-state index is 13.4. The van der Waals surface area contributed by atoms with E-state index in [1.807, 2.05) is 0 Å². The summed E-state index contributed by atoms with van der Waals surface area (Å²) in [5.41, 5.74) is 8.06. The van der Waals surface area contributed by atoms with Crippen LogP contribution in [0.1, 0.15) is 64.4 Å². The second-order valence-electron chi connectivity index (χ2n) is 10.4. The number of carbonyl (C=O) groups excluding carboxylic acids is 1. The van der Waals surface area contributed by atoms with Crippen molar-refractivity contribution in [2.75, 3.05) is 7.05 Å². The molecule has 2 N–H and O–H groups in total. The third kappa shape index (κ3) is 3.52. The first-order valence-electron chi connectivity index (χ1n) is 12.3. The number of alkyl halides is 4. The topological polar surface area (TPSA) is 112 Å². The van der Waals surface area contributed by atoms with Gasteiger partial charge in [0.2, 0.25) is 5.78 Å². The number of amides is 1. The molecule has 4 heterocycles. The van der Waals surface area contributed by atoms with Crippen LogP contribution in [0, 0.1) is 0 Å². The maximum absolute atomic E-state index is 13.4. The van der Waals surface area contributed by atoms with Crippen molar-refractivity contribution >= 4 is 11.7 Å². The molecule has 200 valence electrons. The Hall–Kier alpha value is -4.13. The number of benzene rings is 1. The minimum Gasteiger partial charge on any atom is -0.434 e. The highest BCUT2D eigenvalue weighted by Crippen LogP contribution is 2.52. The highest BCUT2D eigenvalue weighted by molar-refractivity contribution is 5.98. The van der Waals surface area contributed by atoms with Crippen molar-refractivity contribution in [2.45, 2.75) is 49.3 Å². The Morgan fingerprint density at radius 3 is 2.51 bits per heavy atom. The van der Waals surface area contributed by atoms with Crippen LogP contribution in [0.5, 0.6) is 5.75 Å². The fraction of sp³-hybridized carbons (Fsp3) is 0.346. The molecule has 1 saturated carbocycles. The minimum atomic E-state index is -3.05. The Labute approximate surface area is 218 Å². The number of rotatable bonds is 4. The molecular formula is C26H21F4N7O2. The maximum Gasteiger partial charge on any atom is 0.387 e. The van der Waals surface area contributed by atoms with E-state index in [1.54, 1.807) is 34.8 Å². The van der Waals surface area contributed by atoms with Crippen molar-refractivity contribution in [2.24, 2.45) is 5.73 Å². The zero-order valence-electron chi connectivity index (χ0n) is 20.5. The largest absolute Gasteiger partial charge is 0.434 e. The molecule has 1 aromatic carbocycles. The summed E-state index contributed by atoms with van der Waals surface area (Å²) < 4.78 is 60.1. The molecule has 0 spiro atoms. The minimum absolute atomic E-state index is 0.0527. The summed E-state index contributed by atoms with van der Waals surface area (Å²) in [5.74, 6) is -3.09. The smallest absolute Gasteiger partial charge is 0.387 e. The highest BCUT2D eigenvalue weighted by atomic mass is 19.3. The van der Waals surface area contributed by atoms with Crippen LogP contribution in [0.4, 0.5) is 17.6 Å². The van der Waals surface area contributed by atoms with E-state index < -0.39 is 36.8 Å². The molecule has 2 bridgehead atoms. The van der Waals surface area contributed by atoms with Crippen molar-refractivity contribution in [1.82, 2.24) is 29.2 Å². The van der Waals surface area contributed by atoms with Gasteiger partial charge in [-0.15, -0.1) is 0 Å². The predicted octanol–water partition coefficient (Wildman–Crippen LogP) is 4.03. The normalized spacial score (nSPS) is 22.4. The molecule has 7 rings (SSSR count). The number of aromatic nitrogens is 5. The first-order chi connectivity index (χ1) is 18.5. The monoisotopic (exact) mass is 539 g/mol. The summed E-state index contributed by atoms with van der Waals surface area (Å²) in [4.78, 5) is 32.5. The summed E-state index contributed by atoms with van der Waals surface area (Å²) in [7, 11) is 1.67. The van der Waals surface area contributed by atoms with Crippen molar-refractivity contribution < 1.29 is 27.1 Å². The third-order valence-electron chi connectivity index (χ3n) is 7.88. The van der Waals surface area contributed by atoms with Crippen LogP contribution in [0.3, 0.4) is 0 Å². The van der Waals surface area contributed by atoms with Gasteiger partial charge in [-0.25, -0.2) is 28.7 Å². The first-order valence-corrected chi connectivity index (χ1v) is 12.3. The van der Waals surface area contributed by atoms with E-state index in [0.717, 1.165) is 5.69 Å². The van der Waals surface area contributed by atoms with Crippen LogP contribution >= 0.6 is 0 Å². The number of imidazole rings is 1. The molecule has 0 radical (unpaired) electrons. The summed E-state index contributed by atoms with van der Waals surface area (Å²) in [6, 6.07) is 4.19. The molecule has 39 heavy (non-hydrogen) atoms. The van der Waals surface area contributed by atoms with Crippen LogP contribution in [-0.4, -0.2) is 54.7 Å². The number of ether oxygens (including phenoxy) is 1. The van der Waals surface area contributed by atoms with Crippen LogP contribution in [0.25, 0.3) is 16.9 Å². The second-order valence-corrected chi connectivity index (χ2v) is 10.4. The van der Waals surface area contributed by atoms with Gasteiger partial charge in [-0.3, -0.25) is 9.20 Å². The standard InChI is InChI=1S/C26H21F4N7O2/c1-36-16-5-15(18-14(21(36)38)3-2-4-17(18)39-23(27)28)20-19(16)35-24-34-8-13(9-37(20)24)12-6-32-22(33-7-12)25(31)10-26(29,30)11-25/h2-4,6-9,15-16,23H,5,10-11,31H2,1H3. The van der Waals surface area contributed by atoms with E-state index in [4.69, 9.17) is 10.5 Å². The summed E-state index contributed by atoms with van der Waals surface area (Å²) in [6.07, 6.45) is 5.82. The van der Waals surface area contributed by atoms with Crippen LogP contribution in [0.2, 0.25) is 0 Å². The predicted molar refractivity (Wildman–Crippen MR) is 128 cm³/mol. The van der Waals surface area contributed by atoms with E-state index in [1.165, 1.54) is 24.5 Å². The van der Waals surface area contributed by atoms with Gasteiger partial charge in [0.1, 0.15) is 11.6 Å². The average molecular weight is 539 g/mol. The van der Waals surface area contributed by atoms with Gasteiger partial charge in [-0.2, -0.15) is 8.78 Å². The van der Waals surface area contributed by atoms with Gasteiger partial charge >= 0.3 is 6.61 Å². The Balaban J connectivity index is 1.33. The van der Waals surface area contributed by atoms with Gasteiger partial charge < -0.3 is 15.4 Å². The van der Waals surface area contributed by atoms with Crippen LogP contribution in [-0.2, 0) is 5.54 Å². The number of nitrogens with zero attached hydrogens (tertiary/aromatic N) is 6. The summed E-state index contributed by atoms with van der Waals surface area (Å²) >= 11 is 0. The van der Waals surface area contributed by atoms with Gasteiger partial charge in [0.25, 0.3) is 11.8 Å². The van der Waals surface area contributed by atoms with Crippen LogP contribution in [0.15, 0.2) is 43.0 Å². The fourth-order valence-electron chi connectivity index (χ4n) is 6.14. The van der Waals surface area contributed by atoms with E-state index in [9.17, 15) is 22.4 Å². The quantitative estimate of drug-likeness (QED) is 0.390. The number of halogens is 4. The van der Waals surface area contributed by atoms with Crippen molar-refractivity contribution in [3.8, 4) is 16.9 Å². The van der Waals surface area contributed by atoms with E-state index in [0.29, 0.717) is 40.1 Å². The van der Waals surface area contributed by atoms with Gasteiger partial charge in [0, 0.05) is 72.8 Å². The SMILES string of the molecule is CN1C(=O)c2cccc(OC(F)F)c2C2CC1c1nc3ncc(-c4cnc(C5(N)CC(F)(F)C5)nc4)cn3c12. The Bertz CT molecular complexity index is 1650. The molecule has 13 heteroatoms. The lowest BCUT2D eigenvalue weighted by Gasteiger charge is -2.42. The van der Waals surface area contributed by atoms with Gasteiger partial charge in [-0.05, 0) is 18.6 Å². The van der Waals surface area contributed by atoms with Crippen molar-refractivity contribution in [1.29, 1.82) is 0 Å². The molecule has 1 fully saturated rings. The average Bonchev–Trinajstić information content (AvgIpc) is 3.40. The first kappa shape index (κ1) is 23.9. The molecular weight excluding hydrogens is 518 g/mol. The van der Waals surface area contributed by atoms with Crippen molar-refractivity contribution in [3.05, 3.63) is 71.3 Å². The third-order valence-corrected chi connectivity index (χ3v) is 7.88. The van der Waals surface area contributed by atoms with E-state index in [2.05, 4.69) is 19.9 Å². The molecule has 0 saturated heterocycles. The Kier molecular flexibility index (Phi) is 4.88. The summed E-state index contributed by atoms with van der Waals surface area (Å²) in [6.45, 7) is -3.05. The lowest BCUT2D eigenvalue weighted by atomic mass is 9.73. The zero-order chi connectivity index (χ0) is 27.3. The zero-order valence-corrected chi connectivity index (χ0v) is 20.5. The van der Waals surface area contributed by atoms with Gasteiger partial charge in [-0.1, -0.05) is 6.07 Å². The number of nitrogens with two attached hydrogens (primary N) is 1. The Morgan fingerprint density at radius 2 is 1.82 bits per heavy atom. The second kappa shape index (κ2) is 7.94. The highest BCUT2D eigenvalue weighted by Gasteiger charge is 2.57. The number of hydrogen-bond acceptors (Lipinski definition) is 7. The number of fused-ring (bicyclic) bond motifs is 9. The number of carbonyl (C=O) groups is 1. The molecule has 2 aliphatic carbocycles. The molecule has 2 unspecified atom stereocenters. The van der Waals surface area contributed by atoms with E-state index >= 15 is 0 Å².